The first-order valence-electron chi connectivity index (χ1n) is 37.7. The van der Waals surface area contributed by atoms with Crippen molar-refractivity contribution in [3.8, 4) is 45.0 Å². The minimum Gasteiger partial charge on any atom is -0.309 e. The van der Waals surface area contributed by atoms with E-state index in [2.05, 4.69) is 355 Å². The molecule has 11 aromatic heterocycles. The highest BCUT2D eigenvalue weighted by atomic mass is 15.1. The van der Waals surface area contributed by atoms with Crippen LogP contribution in [0.4, 0.5) is 0 Å². The third-order valence-corrected chi connectivity index (χ3v) is 24.6. The number of para-hydroxylation sites is 8. The first kappa shape index (κ1) is 57.3. The predicted molar refractivity (Wildman–Crippen MR) is 456 cm³/mol. The molecule has 0 aliphatic rings. The maximum absolute atomic E-state index is 6.36. The van der Waals surface area contributed by atoms with Gasteiger partial charge in [0.1, 0.15) is 22.3 Å². The lowest BCUT2D eigenvalue weighted by Gasteiger charge is -2.13. The SMILES string of the molecule is c1ccc(-c2ccc3c4nc5c(nc4c4ccc(-c6ccccc6)c2c34)c2c3cc(-n4c6ccccc6c6ccccc64)cc4c6cc(-n7c8ccccc8c8ccccc87)cnc6n(c43)c2c2c5c3cc(-n4c5ccccc5c5ccccc54)cc4c5cc(-n6c7ccccc7c7ccccc76)cnc5n2c43)cc1. The minimum absolute atomic E-state index is 0.820. The van der Waals surface area contributed by atoms with Crippen LogP contribution in [-0.2, 0) is 0 Å². The van der Waals surface area contributed by atoms with Crippen LogP contribution < -0.4 is 0 Å². The van der Waals surface area contributed by atoms with Gasteiger partial charge in [-0.3, -0.25) is 8.80 Å². The highest BCUT2D eigenvalue weighted by Gasteiger charge is 2.33. The van der Waals surface area contributed by atoms with Gasteiger partial charge in [0.15, 0.2) is 0 Å². The molecule has 0 bridgehead atoms. The van der Waals surface area contributed by atoms with Crippen LogP contribution in [0, 0.1) is 0 Å². The number of hydrogen-bond donors (Lipinski definition) is 0. The first-order valence-corrected chi connectivity index (χ1v) is 37.7. The third kappa shape index (κ3) is 7.10. The third-order valence-electron chi connectivity index (χ3n) is 24.6. The molecule has 10 heteroatoms. The molecule has 27 rings (SSSR count). The molecular formula is C100H54N10. The molecule has 11 heterocycles. The molecule has 0 radical (unpaired) electrons. The summed E-state index contributed by atoms with van der Waals surface area (Å²) in [7, 11) is 0. The summed E-state index contributed by atoms with van der Waals surface area (Å²) in [5.41, 5.74) is 26.8. The van der Waals surface area contributed by atoms with Gasteiger partial charge in [-0.15, -0.1) is 0 Å². The number of benzene rings is 15. The molecule has 110 heavy (non-hydrogen) atoms. The number of fused-ring (bicyclic) bond motifs is 31. The summed E-state index contributed by atoms with van der Waals surface area (Å²) >= 11 is 0. The van der Waals surface area contributed by atoms with E-state index in [0.29, 0.717) is 0 Å². The largest absolute Gasteiger partial charge is 0.309 e. The normalized spacial score (nSPS) is 12.7. The van der Waals surface area contributed by atoms with E-state index in [1.54, 1.807) is 0 Å². The van der Waals surface area contributed by atoms with E-state index in [1.165, 1.54) is 48.5 Å². The second-order valence-corrected chi connectivity index (χ2v) is 29.9. The van der Waals surface area contributed by atoms with Gasteiger partial charge < -0.3 is 18.3 Å². The molecule has 16 aromatic carbocycles. The number of pyridine rings is 2. The van der Waals surface area contributed by atoms with Gasteiger partial charge in [0.05, 0.1) is 101 Å². The van der Waals surface area contributed by atoms with Gasteiger partial charge in [-0.1, -0.05) is 231 Å². The Balaban J connectivity index is 0.881. The average Bonchev–Trinajstić information content (AvgIpc) is 1.49. The van der Waals surface area contributed by atoms with E-state index in [4.69, 9.17) is 19.9 Å². The zero-order valence-corrected chi connectivity index (χ0v) is 58.6. The smallest absolute Gasteiger partial charge is 0.145 e. The van der Waals surface area contributed by atoms with Gasteiger partial charge in [-0.05, 0) is 113 Å². The predicted octanol–water partition coefficient (Wildman–Crippen LogP) is 25.3. The van der Waals surface area contributed by atoms with Crippen molar-refractivity contribution in [1.29, 1.82) is 0 Å². The van der Waals surface area contributed by atoms with E-state index in [1.807, 2.05) is 0 Å². The van der Waals surface area contributed by atoms with Gasteiger partial charge in [0.25, 0.3) is 0 Å². The van der Waals surface area contributed by atoms with Crippen LogP contribution in [0.1, 0.15) is 0 Å². The van der Waals surface area contributed by atoms with Crippen molar-refractivity contribution in [3.05, 3.63) is 328 Å². The Bertz CT molecular complexity index is 8070. The fourth-order valence-electron chi connectivity index (χ4n) is 20.3. The standard InChI is InChI=1S/C100H54N10/c1-3-23-55(24-4-1)61-43-45-71-88-72(46-44-62(87(61)88)56-25-5-2-6-26-56)92-91(71)103-93-89-77-49-57(105-79-35-15-7-27-63(79)64-28-8-16-36-80(64)105)47-73-75-51-59(107-83-39-19-11-31-67(83)68-32-12-20-40-84(68)107)53-101-99(75)109(95(73)77)97(89)98-90(94(93)104-92)78-50-58(106-81-37-17-9-29-65(81)66-30-10-18-38-82(66)106)48-74-76-52-60(54-102-100(76)110(98)96(74)78)108-85-41-21-13-33-69(85)70-34-14-22-42-86(70)108/h1-54H. The summed E-state index contributed by atoms with van der Waals surface area (Å²) in [5, 5.41) is 22.3. The molecule has 0 atom stereocenters. The lowest BCUT2D eigenvalue weighted by atomic mass is 9.90. The van der Waals surface area contributed by atoms with Crippen LogP contribution in [0.3, 0.4) is 0 Å². The molecule has 0 saturated carbocycles. The lowest BCUT2D eigenvalue weighted by Crippen LogP contribution is -1.97. The summed E-state index contributed by atoms with van der Waals surface area (Å²) in [6, 6.07) is 116. The Morgan fingerprint density at radius 3 is 0.800 bits per heavy atom. The van der Waals surface area contributed by atoms with E-state index in [0.717, 1.165) is 204 Å². The maximum atomic E-state index is 6.36. The topological polar surface area (TPSA) is 80.1 Å². The minimum atomic E-state index is 0.820. The maximum Gasteiger partial charge on any atom is 0.145 e. The molecule has 27 aromatic rings. The summed E-state index contributed by atoms with van der Waals surface area (Å²) in [6.45, 7) is 0. The molecule has 10 nitrogen and oxygen atoms in total. The molecule has 0 spiro atoms. The summed E-state index contributed by atoms with van der Waals surface area (Å²) in [4.78, 5) is 24.5. The molecule has 504 valence electrons. The number of rotatable bonds is 6. The number of aromatic nitrogens is 10. The van der Waals surface area contributed by atoms with Gasteiger partial charge >= 0.3 is 0 Å². The first-order chi connectivity index (χ1) is 54.6. The van der Waals surface area contributed by atoms with Crippen LogP contribution in [0.5, 0.6) is 0 Å². The van der Waals surface area contributed by atoms with Crippen molar-refractivity contribution in [2.24, 2.45) is 0 Å². The Kier molecular flexibility index (Phi) is 10.7. The van der Waals surface area contributed by atoms with Gasteiger partial charge in [-0.25, -0.2) is 19.9 Å². The molecule has 0 fully saturated rings. The molecule has 0 aliphatic carbocycles. The summed E-state index contributed by atoms with van der Waals surface area (Å²) in [6.07, 6.45) is 4.20. The van der Waals surface area contributed by atoms with Crippen LogP contribution in [0.15, 0.2) is 328 Å². The van der Waals surface area contributed by atoms with Crippen molar-refractivity contribution in [2.45, 2.75) is 0 Å². The van der Waals surface area contributed by atoms with Crippen molar-refractivity contribution in [1.82, 2.24) is 47.0 Å². The van der Waals surface area contributed by atoms with Gasteiger partial charge in [0.2, 0.25) is 0 Å². The molecule has 0 unspecified atom stereocenters. The second-order valence-electron chi connectivity index (χ2n) is 29.9. The van der Waals surface area contributed by atoms with Gasteiger partial charge in [-0.2, -0.15) is 0 Å². The highest BCUT2D eigenvalue weighted by Crippen LogP contribution is 2.54. The molecule has 0 N–H and O–H groups in total. The Morgan fingerprint density at radius 2 is 0.473 bits per heavy atom. The van der Waals surface area contributed by atoms with Gasteiger partial charge in [0, 0.05) is 114 Å². The second kappa shape index (κ2) is 20.5. The zero-order valence-electron chi connectivity index (χ0n) is 58.6. The van der Waals surface area contributed by atoms with E-state index in [9.17, 15) is 0 Å². The highest BCUT2D eigenvalue weighted by molar-refractivity contribution is 6.42. The van der Waals surface area contributed by atoms with Crippen LogP contribution in [0.2, 0.25) is 0 Å². The van der Waals surface area contributed by atoms with Crippen molar-refractivity contribution >= 4 is 207 Å². The molecule has 0 amide bonds. The van der Waals surface area contributed by atoms with Crippen molar-refractivity contribution < 1.29 is 0 Å². The Hall–Kier alpha value is -15.0. The van der Waals surface area contributed by atoms with E-state index in [-0.39, 0.29) is 0 Å². The Morgan fingerprint density at radius 1 is 0.191 bits per heavy atom. The fourth-order valence-corrected chi connectivity index (χ4v) is 20.3. The molecule has 0 saturated heterocycles. The number of nitrogens with zero attached hydrogens (tertiary/aromatic N) is 10. The molecule has 0 aliphatic heterocycles. The van der Waals surface area contributed by atoms with Crippen molar-refractivity contribution in [3.63, 3.8) is 0 Å². The van der Waals surface area contributed by atoms with Crippen LogP contribution >= 0.6 is 0 Å². The summed E-state index contributed by atoms with van der Waals surface area (Å²) < 4.78 is 14.8. The average molecular weight is 1400 g/mol. The number of hydrogen-bond acceptors (Lipinski definition) is 4. The quantitative estimate of drug-likeness (QED) is 0.166. The van der Waals surface area contributed by atoms with Crippen molar-refractivity contribution in [2.75, 3.05) is 0 Å². The van der Waals surface area contributed by atoms with Crippen LogP contribution in [-0.4, -0.2) is 47.0 Å². The Labute approximate surface area is 623 Å². The fraction of sp³-hybridized carbons (Fsp3) is 0. The monoisotopic (exact) mass is 1390 g/mol. The van der Waals surface area contributed by atoms with E-state index >= 15 is 0 Å². The zero-order chi connectivity index (χ0) is 71.0. The van der Waals surface area contributed by atoms with E-state index < -0.39 is 0 Å². The lowest BCUT2D eigenvalue weighted by molar-refractivity contribution is 1.14. The van der Waals surface area contributed by atoms with Crippen LogP contribution in [0.25, 0.3) is 252 Å². The summed E-state index contributed by atoms with van der Waals surface area (Å²) in [5.74, 6) is 0. The molecular weight excluding hydrogens is 1340 g/mol.